The summed E-state index contributed by atoms with van der Waals surface area (Å²) >= 11 is 1.57. The van der Waals surface area contributed by atoms with Crippen LogP contribution < -0.4 is 10.6 Å². The molecule has 5 nitrogen and oxygen atoms in total. The molecule has 1 rings (SSSR count). The fourth-order valence-corrected chi connectivity index (χ4v) is 1.93. The molecule has 0 aliphatic heterocycles. The van der Waals surface area contributed by atoms with Crippen LogP contribution in [0, 0.1) is 0 Å². The van der Waals surface area contributed by atoms with Gasteiger partial charge in [-0.1, -0.05) is 13.0 Å². The Bertz CT molecular complexity index is 405. The SMILES string of the molecule is CCC(C)(NCC(=O)NCc1cccs1)C(=O)O. The first-order valence-corrected chi connectivity index (χ1v) is 6.63. The predicted molar refractivity (Wildman–Crippen MR) is 70.5 cm³/mol. The highest BCUT2D eigenvalue weighted by Gasteiger charge is 2.30. The molecule has 1 heterocycles. The maximum atomic E-state index is 11.6. The van der Waals surface area contributed by atoms with Crippen LogP contribution in [0.5, 0.6) is 0 Å². The van der Waals surface area contributed by atoms with E-state index in [-0.39, 0.29) is 12.5 Å². The summed E-state index contributed by atoms with van der Waals surface area (Å²) in [6, 6.07) is 3.86. The standard InChI is InChI=1S/C12H18N2O3S/c1-3-12(2,11(16)17)14-8-10(15)13-7-9-5-4-6-18-9/h4-6,14H,3,7-8H2,1-2H3,(H,13,15)(H,16,17). The number of aliphatic carboxylic acids is 1. The predicted octanol–water partition coefficient (Wildman–Crippen LogP) is 1.21. The molecule has 18 heavy (non-hydrogen) atoms. The lowest BCUT2D eigenvalue weighted by Crippen LogP contribution is -2.52. The molecule has 0 aliphatic carbocycles. The molecule has 3 N–H and O–H groups in total. The zero-order valence-corrected chi connectivity index (χ0v) is 11.3. The van der Waals surface area contributed by atoms with Crippen molar-refractivity contribution in [1.29, 1.82) is 0 Å². The van der Waals surface area contributed by atoms with E-state index in [1.54, 1.807) is 25.2 Å². The van der Waals surface area contributed by atoms with E-state index in [4.69, 9.17) is 5.11 Å². The lowest BCUT2D eigenvalue weighted by molar-refractivity contribution is -0.144. The molecule has 0 saturated heterocycles. The summed E-state index contributed by atoms with van der Waals surface area (Å²) in [5.41, 5.74) is -1.06. The van der Waals surface area contributed by atoms with Crippen LogP contribution in [0.25, 0.3) is 0 Å². The van der Waals surface area contributed by atoms with Gasteiger partial charge in [-0.3, -0.25) is 14.9 Å². The summed E-state index contributed by atoms with van der Waals surface area (Å²) < 4.78 is 0. The molecule has 1 aromatic rings. The number of carbonyl (C=O) groups is 2. The highest BCUT2D eigenvalue weighted by molar-refractivity contribution is 7.09. The van der Waals surface area contributed by atoms with Crippen LogP contribution in [0.1, 0.15) is 25.1 Å². The normalized spacial score (nSPS) is 13.9. The smallest absolute Gasteiger partial charge is 0.323 e. The van der Waals surface area contributed by atoms with Crippen LogP contribution in [-0.2, 0) is 16.1 Å². The molecule has 1 amide bonds. The van der Waals surface area contributed by atoms with Crippen LogP contribution in [0.4, 0.5) is 0 Å². The minimum Gasteiger partial charge on any atom is -0.480 e. The number of carboxylic acids is 1. The molecule has 0 spiro atoms. The summed E-state index contributed by atoms with van der Waals surface area (Å²) in [6.45, 7) is 3.82. The van der Waals surface area contributed by atoms with Gasteiger partial charge in [0.2, 0.25) is 5.91 Å². The van der Waals surface area contributed by atoms with Gasteiger partial charge in [-0.05, 0) is 24.8 Å². The van der Waals surface area contributed by atoms with Crippen LogP contribution in [0.15, 0.2) is 17.5 Å². The summed E-state index contributed by atoms with van der Waals surface area (Å²) in [4.78, 5) is 23.6. The fraction of sp³-hybridized carbons (Fsp3) is 0.500. The summed E-state index contributed by atoms with van der Waals surface area (Å²) in [6.07, 6.45) is 0.417. The van der Waals surface area contributed by atoms with Crippen molar-refractivity contribution in [3.63, 3.8) is 0 Å². The second-order valence-corrected chi connectivity index (χ2v) is 5.23. The number of thiophene rings is 1. The van der Waals surface area contributed by atoms with Crippen molar-refractivity contribution >= 4 is 23.2 Å². The molecule has 100 valence electrons. The highest BCUT2D eigenvalue weighted by Crippen LogP contribution is 2.09. The van der Waals surface area contributed by atoms with Crippen LogP contribution in [0.2, 0.25) is 0 Å². The average molecular weight is 270 g/mol. The van der Waals surface area contributed by atoms with Crippen LogP contribution in [-0.4, -0.2) is 29.1 Å². The topological polar surface area (TPSA) is 78.4 Å². The second-order valence-electron chi connectivity index (χ2n) is 4.20. The minimum absolute atomic E-state index is 0.00200. The van der Waals surface area contributed by atoms with Gasteiger partial charge in [0.1, 0.15) is 5.54 Å². The van der Waals surface area contributed by atoms with Gasteiger partial charge in [0, 0.05) is 4.88 Å². The molecule has 0 fully saturated rings. The first-order chi connectivity index (χ1) is 8.48. The fourth-order valence-electron chi connectivity index (χ4n) is 1.29. The average Bonchev–Trinajstić information content (AvgIpc) is 2.86. The summed E-state index contributed by atoms with van der Waals surface area (Å²) in [7, 11) is 0. The number of amides is 1. The first kappa shape index (κ1) is 14.7. The Balaban J connectivity index is 2.34. The Morgan fingerprint density at radius 3 is 2.72 bits per heavy atom. The van der Waals surface area contributed by atoms with Gasteiger partial charge in [-0.25, -0.2) is 0 Å². The van der Waals surface area contributed by atoms with E-state index in [0.29, 0.717) is 13.0 Å². The van der Waals surface area contributed by atoms with Gasteiger partial charge in [0.25, 0.3) is 0 Å². The Hall–Kier alpha value is -1.40. The van der Waals surface area contributed by atoms with E-state index in [2.05, 4.69) is 10.6 Å². The summed E-state index contributed by atoms with van der Waals surface area (Å²) in [5, 5.41) is 16.5. The molecule has 1 unspecified atom stereocenters. The second kappa shape index (κ2) is 6.51. The zero-order valence-electron chi connectivity index (χ0n) is 10.5. The third-order valence-corrected chi connectivity index (χ3v) is 3.73. The van der Waals surface area contributed by atoms with Gasteiger partial charge < -0.3 is 10.4 Å². The Morgan fingerprint density at radius 2 is 2.22 bits per heavy atom. The molecule has 1 aromatic heterocycles. The molecule has 0 aromatic carbocycles. The maximum Gasteiger partial charge on any atom is 0.323 e. The number of rotatable bonds is 7. The quantitative estimate of drug-likeness (QED) is 0.696. The molecule has 0 bridgehead atoms. The number of carboxylic acid groups (broad SMARTS) is 1. The van der Waals surface area contributed by atoms with Crippen molar-refractivity contribution in [3.8, 4) is 0 Å². The van der Waals surface area contributed by atoms with E-state index in [9.17, 15) is 9.59 Å². The molecule has 0 saturated carbocycles. The maximum absolute atomic E-state index is 11.6. The third kappa shape index (κ3) is 4.12. The van der Waals surface area contributed by atoms with Gasteiger partial charge >= 0.3 is 5.97 Å². The van der Waals surface area contributed by atoms with E-state index < -0.39 is 11.5 Å². The van der Waals surface area contributed by atoms with Crippen LogP contribution in [0.3, 0.4) is 0 Å². The molecular formula is C12H18N2O3S. The number of carbonyl (C=O) groups excluding carboxylic acids is 1. The van der Waals surface area contributed by atoms with Gasteiger partial charge in [0.15, 0.2) is 0 Å². The molecule has 0 aliphatic rings. The largest absolute Gasteiger partial charge is 0.480 e. The van der Waals surface area contributed by atoms with Crippen molar-refractivity contribution < 1.29 is 14.7 Å². The number of nitrogens with one attached hydrogen (secondary N) is 2. The molecule has 0 radical (unpaired) electrons. The lowest BCUT2D eigenvalue weighted by atomic mass is 9.99. The summed E-state index contributed by atoms with van der Waals surface area (Å²) in [5.74, 6) is -1.15. The van der Waals surface area contributed by atoms with Gasteiger partial charge in [0.05, 0.1) is 13.1 Å². The highest BCUT2D eigenvalue weighted by atomic mass is 32.1. The zero-order chi connectivity index (χ0) is 13.6. The van der Waals surface area contributed by atoms with Crippen LogP contribution >= 0.6 is 11.3 Å². The van der Waals surface area contributed by atoms with Crippen molar-refractivity contribution in [2.24, 2.45) is 0 Å². The van der Waals surface area contributed by atoms with Gasteiger partial charge in [-0.15, -0.1) is 11.3 Å². The minimum atomic E-state index is -1.06. The van der Waals surface area contributed by atoms with E-state index >= 15 is 0 Å². The molecule has 1 atom stereocenters. The van der Waals surface area contributed by atoms with E-state index in [1.807, 2.05) is 17.5 Å². The number of hydrogen-bond donors (Lipinski definition) is 3. The third-order valence-electron chi connectivity index (χ3n) is 2.86. The Morgan fingerprint density at radius 1 is 1.50 bits per heavy atom. The van der Waals surface area contributed by atoms with E-state index in [1.165, 1.54) is 0 Å². The van der Waals surface area contributed by atoms with E-state index in [0.717, 1.165) is 4.88 Å². The Kier molecular flexibility index (Phi) is 5.30. The van der Waals surface area contributed by atoms with Gasteiger partial charge in [-0.2, -0.15) is 0 Å². The lowest BCUT2D eigenvalue weighted by Gasteiger charge is -2.24. The van der Waals surface area contributed by atoms with Crippen molar-refractivity contribution in [1.82, 2.24) is 10.6 Å². The first-order valence-electron chi connectivity index (χ1n) is 5.75. The molecule has 6 heteroatoms. The monoisotopic (exact) mass is 270 g/mol. The molecular weight excluding hydrogens is 252 g/mol. The Labute approximate surface area is 110 Å². The van der Waals surface area contributed by atoms with Crippen molar-refractivity contribution in [2.45, 2.75) is 32.4 Å². The number of hydrogen-bond acceptors (Lipinski definition) is 4. The van der Waals surface area contributed by atoms with Crippen molar-refractivity contribution in [2.75, 3.05) is 6.54 Å². The van der Waals surface area contributed by atoms with Crippen molar-refractivity contribution in [3.05, 3.63) is 22.4 Å².